The summed E-state index contributed by atoms with van der Waals surface area (Å²) in [7, 11) is 1.75. The zero-order valence-corrected chi connectivity index (χ0v) is 10.5. The van der Waals surface area contributed by atoms with E-state index in [-0.39, 0.29) is 6.10 Å². The molecule has 0 amide bonds. The summed E-state index contributed by atoms with van der Waals surface area (Å²) in [6.45, 7) is 4.99. The van der Waals surface area contributed by atoms with Crippen LogP contribution < -0.4 is 0 Å². The number of hydrogen-bond acceptors (Lipinski definition) is 2. The van der Waals surface area contributed by atoms with E-state index in [0.717, 1.165) is 19.4 Å². The fourth-order valence-electron chi connectivity index (χ4n) is 1.58. The van der Waals surface area contributed by atoms with Crippen molar-refractivity contribution in [3.05, 3.63) is 35.9 Å². The number of ether oxygens (including phenoxy) is 2. The van der Waals surface area contributed by atoms with Crippen molar-refractivity contribution in [2.24, 2.45) is 0 Å². The van der Waals surface area contributed by atoms with Crippen LogP contribution in [0.15, 0.2) is 30.3 Å². The third kappa shape index (κ3) is 4.33. The number of hydrogen-bond donors (Lipinski definition) is 0. The van der Waals surface area contributed by atoms with Crippen molar-refractivity contribution in [2.75, 3.05) is 13.7 Å². The lowest BCUT2D eigenvalue weighted by Crippen LogP contribution is -2.11. The number of rotatable bonds is 7. The molecule has 90 valence electrons. The molecule has 0 aliphatic rings. The molecule has 1 rings (SSSR count). The minimum atomic E-state index is 0.144. The summed E-state index contributed by atoms with van der Waals surface area (Å²) in [6, 6.07) is 10.3. The zero-order chi connectivity index (χ0) is 11.8. The van der Waals surface area contributed by atoms with Gasteiger partial charge >= 0.3 is 0 Å². The van der Waals surface area contributed by atoms with Crippen molar-refractivity contribution in [1.29, 1.82) is 0 Å². The maximum Gasteiger partial charge on any atom is 0.0843 e. The van der Waals surface area contributed by atoms with Crippen molar-refractivity contribution in [1.82, 2.24) is 0 Å². The van der Waals surface area contributed by atoms with Gasteiger partial charge in [-0.3, -0.25) is 0 Å². The van der Waals surface area contributed by atoms with E-state index in [1.54, 1.807) is 7.11 Å². The van der Waals surface area contributed by atoms with Crippen molar-refractivity contribution >= 4 is 0 Å². The van der Waals surface area contributed by atoms with Gasteiger partial charge in [-0.25, -0.2) is 0 Å². The molecule has 0 fully saturated rings. The van der Waals surface area contributed by atoms with Gasteiger partial charge < -0.3 is 9.47 Å². The van der Waals surface area contributed by atoms with Crippen LogP contribution in [0.4, 0.5) is 0 Å². The van der Waals surface area contributed by atoms with Crippen molar-refractivity contribution < 1.29 is 9.47 Å². The van der Waals surface area contributed by atoms with E-state index in [9.17, 15) is 0 Å². The molecular formula is C14H22O2. The maximum absolute atomic E-state index is 5.66. The smallest absolute Gasteiger partial charge is 0.0843 e. The monoisotopic (exact) mass is 222 g/mol. The van der Waals surface area contributed by atoms with Crippen LogP contribution in [0.3, 0.4) is 0 Å². The number of benzene rings is 1. The van der Waals surface area contributed by atoms with E-state index in [2.05, 4.69) is 26.0 Å². The van der Waals surface area contributed by atoms with Gasteiger partial charge in [0.25, 0.3) is 0 Å². The van der Waals surface area contributed by atoms with Gasteiger partial charge in [0.05, 0.1) is 12.2 Å². The Bertz CT molecular complexity index is 271. The molecule has 0 aliphatic carbocycles. The second-order valence-corrected chi connectivity index (χ2v) is 4.01. The molecule has 0 N–H and O–H groups in total. The van der Waals surface area contributed by atoms with Crippen LogP contribution in [0.5, 0.6) is 0 Å². The molecule has 16 heavy (non-hydrogen) atoms. The summed E-state index contributed by atoms with van der Waals surface area (Å²) < 4.78 is 11.1. The van der Waals surface area contributed by atoms with Gasteiger partial charge in [-0.15, -0.1) is 0 Å². The molecule has 2 heteroatoms. The quantitative estimate of drug-likeness (QED) is 0.702. The van der Waals surface area contributed by atoms with Gasteiger partial charge in [0.1, 0.15) is 0 Å². The largest absolute Gasteiger partial charge is 0.378 e. The molecule has 0 heterocycles. The first-order valence-electron chi connectivity index (χ1n) is 5.97. The molecule has 1 aromatic carbocycles. The lowest BCUT2D eigenvalue weighted by molar-refractivity contribution is 0.0206. The predicted molar refractivity (Wildman–Crippen MR) is 66.5 cm³/mol. The fourth-order valence-corrected chi connectivity index (χ4v) is 1.58. The molecule has 0 radical (unpaired) electrons. The SMILES string of the molecule is CCC(C)OCCC(OC)c1ccccc1. The molecule has 0 spiro atoms. The Labute approximate surface area is 98.6 Å². The number of methoxy groups -OCH3 is 1. The molecule has 0 saturated heterocycles. The molecule has 0 saturated carbocycles. The third-order valence-corrected chi connectivity index (χ3v) is 2.81. The first-order valence-corrected chi connectivity index (χ1v) is 5.97. The van der Waals surface area contributed by atoms with Crippen molar-refractivity contribution in [2.45, 2.75) is 38.9 Å². The second kappa shape index (κ2) is 7.42. The second-order valence-electron chi connectivity index (χ2n) is 4.01. The normalized spacial score (nSPS) is 14.7. The van der Waals surface area contributed by atoms with Crippen LogP contribution >= 0.6 is 0 Å². The predicted octanol–water partition coefficient (Wildman–Crippen LogP) is 3.58. The van der Waals surface area contributed by atoms with E-state index in [1.807, 2.05) is 18.2 Å². The molecule has 2 nitrogen and oxygen atoms in total. The lowest BCUT2D eigenvalue weighted by atomic mass is 10.1. The van der Waals surface area contributed by atoms with Gasteiger partial charge in [-0.1, -0.05) is 37.3 Å². The van der Waals surface area contributed by atoms with Crippen LogP contribution in [0, 0.1) is 0 Å². The molecule has 2 unspecified atom stereocenters. The molecular weight excluding hydrogens is 200 g/mol. The average Bonchev–Trinajstić information content (AvgIpc) is 2.35. The first-order chi connectivity index (χ1) is 7.77. The first kappa shape index (κ1) is 13.2. The Morgan fingerprint density at radius 1 is 1.19 bits per heavy atom. The van der Waals surface area contributed by atoms with Crippen LogP contribution in [-0.4, -0.2) is 19.8 Å². The summed E-state index contributed by atoms with van der Waals surface area (Å²) in [5.41, 5.74) is 1.22. The third-order valence-electron chi connectivity index (χ3n) is 2.81. The zero-order valence-electron chi connectivity index (χ0n) is 10.5. The topological polar surface area (TPSA) is 18.5 Å². The van der Waals surface area contributed by atoms with E-state index in [4.69, 9.17) is 9.47 Å². The fraction of sp³-hybridized carbons (Fsp3) is 0.571. The van der Waals surface area contributed by atoms with Crippen LogP contribution in [0.25, 0.3) is 0 Å². The molecule has 0 aromatic heterocycles. The van der Waals surface area contributed by atoms with E-state index in [0.29, 0.717) is 6.10 Å². The maximum atomic E-state index is 5.66. The van der Waals surface area contributed by atoms with Gasteiger partial charge in [0, 0.05) is 20.1 Å². The molecule has 2 atom stereocenters. The van der Waals surface area contributed by atoms with Crippen LogP contribution in [0.1, 0.15) is 38.4 Å². The van der Waals surface area contributed by atoms with Gasteiger partial charge in [0.15, 0.2) is 0 Å². The Morgan fingerprint density at radius 2 is 1.88 bits per heavy atom. The Hall–Kier alpha value is -0.860. The summed E-state index contributed by atoms with van der Waals surface area (Å²) in [4.78, 5) is 0. The van der Waals surface area contributed by atoms with Crippen molar-refractivity contribution in [3.8, 4) is 0 Å². The lowest BCUT2D eigenvalue weighted by Gasteiger charge is -2.17. The standard InChI is InChI=1S/C14H22O2/c1-4-12(2)16-11-10-14(15-3)13-8-6-5-7-9-13/h5-9,12,14H,4,10-11H2,1-3H3. The minimum Gasteiger partial charge on any atom is -0.378 e. The van der Waals surface area contributed by atoms with Gasteiger partial charge in [0.2, 0.25) is 0 Å². The molecule has 1 aromatic rings. The Balaban J connectivity index is 2.38. The van der Waals surface area contributed by atoms with Crippen LogP contribution in [-0.2, 0) is 9.47 Å². The molecule has 0 bridgehead atoms. The highest BCUT2D eigenvalue weighted by atomic mass is 16.5. The van der Waals surface area contributed by atoms with E-state index >= 15 is 0 Å². The van der Waals surface area contributed by atoms with E-state index in [1.165, 1.54) is 5.56 Å². The molecule has 0 aliphatic heterocycles. The van der Waals surface area contributed by atoms with Crippen molar-refractivity contribution in [3.63, 3.8) is 0 Å². The Kier molecular flexibility index (Phi) is 6.12. The minimum absolute atomic E-state index is 0.144. The Morgan fingerprint density at radius 3 is 2.44 bits per heavy atom. The summed E-state index contributed by atoms with van der Waals surface area (Å²) in [6.07, 6.45) is 2.45. The summed E-state index contributed by atoms with van der Waals surface area (Å²) >= 11 is 0. The highest BCUT2D eigenvalue weighted by molar-refractivity contribution is 5.17. The highest BCUT2D eigenvalue weighted by Crippen LogP contribution is 2.20. The highest BCUT2D eigenvalue weighted by Gasteiger charge is 2.10. The van der Waals surface area contributed by atoms with E-state index < -0.39 is 0 Å². The average molecular weight is 222 g/mol. The van der Waals surface area contributed by atoms with Gasteiger partial charge in [-0.2, -0.15) is 0 Å². The van der Waals surface area contributed by atoms with Crippen LogP contribution in [0.2, 0.25) is 0 Å². The van der Waals surface area contributed by atoms with Gasteiger partial charge in [-0.05, 0) is 18.9 Å². The summed E-state index contributed by atoms with van der Waals surface area (Å²) in [5.74, 6) is 0. The summed E-state index contributed by atoms with van der Waals surface area (Å²) in [5, 5.41) is 0.